The van der Waals surface area contributed by atoms with Crippen LogP contribution >= 0.6 is 0 Å². The Kier molecular flexibility index (Phi) is 5.77. The molecule has 0 radical (unpaired) electrons. The van der Waals surface area contributed by atoms with E-state index in [1.165, 1.54) is 23.9 Å². The molecule has 3 N–H and O–H groups in total. The van der Waals surface area contributed by atoms with Gasteiger partial charge in [-0.2, -0.15) is 13.2 Å². The number of aliphatic hydroxyl groups is 1. The van der Waals surface area contributed by atoms with Crippen molar-refractivity contribution in [1.29, 1.82) is 0 Å². The smallest absolute Gasteiger partial charge is 0.374 e. The highest BCUT2D eigenvalue weighted by Gasteiger charge is 2.57. The molecule has 0 saturated carbocycles. The Hall–Kier alpha value is -3.93. The standard InChI is InChI=1S/C22H21F3N6O3/c1-30-9-8-27-19(30)21(34,22(23,24)25)6-7-26-18(32)14-5-3-4-13(10-14)15-11-16-17(28-12-15)29-20(33)31(16)2/h3-5,8-12,34H,6-7H2,1-2H3,(H,26,32)(H,28,29,33). The van der Waals surface area contributed by atoms with E-state index >= 15 is 0 Å². The number of halogens is 3. The maximum atomic E-state index is 13.6. The minimum Gasteiger partial charge on any atom is -0.374 e. The van der Waals surface area contributed by atoms with Crippen LogP contribution in [0.5, 0.6) is 0 Å². The molecule has 0 spiro atoms. The summed E-state index contributed by atoms with van der Waals surface area (Å²) in [6.07, 6.45) is -1.79. The van der Waals surface area contributed by atoms with Gasteiger partial charge in [-0.1, -0.05) is 12.1 Å². The molecule has 3 heterocycles. The minimum atomic E-state index is -4.99. The number of amides is 1. The van der Waals surface area contributed by atoms with Gasteiger partial charge in [0.25, 0.3) is 5.91 Å². The molecule has 3 aromatic heterocycles. The van der Waals surface area contributed by atoms with Crippen molar-refractivity contribution in [3.63, 3.8) is 0 Å². The van der Waals surface area contributed by atoms with Crippen LogP contribution in [0, 0.1) is 0 Å². The zero-order valence-corrected chi connectivity index (χ0v) is 18.2. The zero-order valence-electron chi connectivity index (χ0n) is 18.2. The molecule has 0 aliphatic rings. The van der Waals surface area contributed by atoms with E-state index in [1.54, 1.807) is 37.5 Å². The summed E-state index contributed by atoms with van der Waals surface area (Å²) in [5.41, 5.74) is -1.01. The second-order valence-electron chi connectivity index (χ2n) is 7.89. The van der Waals surface area contributed by atoms with Crippen molar-refractivity contribution in [3.05, 3.63) is 70.8 Å². The van der Waals surface area contributed by atoms with Gasteiger partial charge in [-0.25, -0.2) is 14.8 Å². The van der Waals surface area contributed by atoms with Crippen LogP contribution in [0.4, 0.5) is 13.2 Å². The fraction of sp³-hybridized carbons (Fsp3) is 0.273. The van der Waals surface area contributed by atoms with Crippen LogP contribution in [0.25, 0.3) is 22.3 Å². The fourth-order valence-electron chi connectivity index (χ4n) is 3.70. The number of rotatable bonds is 6. The molecule has 1 atom stereocenters. The van der Waals surface area contributed by atoms with E-state index in [9.17, 15) is 27.9 Å². The highest BCUT2D eigenvalue weighted by atomic mass is 19.4. The molecule has 0 aliphatic carbocycles. The first kappa shape index (κ1) is 23.2. The Morgan fingerprint density at radius 3 is 2.62 bits per heavy atom. The molecule has 34 heavy (non-hydrogen) atoms. The summed E-state index contributed by atoms with van der Waals surface area (Å²) in [5.74, 6) is -1.16. The average molecular weight is 474 g/mol. The molecular formula is C22H21F3N6O3. The lowest BCUT2D eigenvalue weighted by molar-refractivity contribution is -0.272. The van der Waals surface area contributed by atoms with Gasteiger partial charge in [0.05, 0.1) is 5.52 Å². The number of hydrogen-bond donors (Lipinski definition) is 3. The number of H-pyrrole nitrogens is 1. The lowest BCUT2D eigenvalue weighted by Gasteiger charge is -2.30. The van der Waals surface area contributed by atoms with Gasteiger partial charge in [-0.3, -0.25) is 14.3 Å². The molecule has 0 aliphatic heterocycles. The summed E-state index contributed by atoms with van der Waals surface area (Å²) >= 11 is 0. The average Bonchev–Trinajstić information content (AvgIpc) is 3.35. The molecule has 1 unspecified atom stereocenters. The molecule has 0 fully saturated rings. The van der Waals surface area contributed by atoms with Crippen molar-refractivity contribution in [2.45, 2.75) is 18.2 Å². The van der Waals surface area contributed by atoms with Gasteiger partial charge in [-0.15, -0.1) is 0 Å². The maximum Gasteiger partial charge on any atom is 0.424 e. The van der Waals surface area contributed by atoms with E-state index in [1.807, 2.05) is 0 Å². The minimum absolute atomic E-state index is 0.216. The number of fused-ring (bicyclic) bond motifs is 1. The van der Waals surface area contributed by atoms with Crippen LogP contribution in [0.3, 0.4) is 0 Å². The number of carbonyl (C=O) groups excluding carboxylic acids is 1. The van der Waals surface area contributed by atoms with E-state index < -0.39 is 36.5 Å². The molecule has 1 aromatic carbocycles. The summed E-state index contributed by atoms with van der Waals surface area (Å²) < 4.78 is 43.4. The van der Waals surface area contributed by atoms with E-state index in [4.69, 9.17) is 0 Å². The third-order valence-corrected chi connectivity index (χ3v) is 5.65. The highest BCUT2D eigenvalue weighted by Crippen LogP contribution is 2.40. The number of aromatic nitrogens is 5. The third-order valence-electron chi connectivity index (χ3n) is 5.65. The summed E-state index contributed by atoms with van der Waals surface area (Å²) in [5, 5.41) is 12.8. The van der Waals surface area contributed by atoms with Crippen molar-refractivity contribution in [3.8, 4) is 11.1 Å². The zero-order chi connectivity index (χ0) is 24.7. The molecule has 9 nitrogen and oxygen atoms in total. The van der Waals surface area contributed by atoms with Crippen LogP contribution in [-0.4, -0.2) is 47.8 Å². The lowest BCUT2D eigenvalue weighted by Crippen LogP contribution is -2.46. The first-order chi connectivity index (χ1) is 16.0. The van der Waals surface area contributed by atoms with Gasteiger partial charge < -0.3 is 15.0 Å². The SMILES string of the molecule is Cn1ccnc1C(O)(CCNC(=O)c1cccc(-c2cnc3[nH]c(=O)n(C)c3c2)c1)C(F)(F)F. The monoisotopic (exact) mass is 474 g/mol. The summed E-state index contributed by atoms with van der Waals surface area (Å²) in [6, 6.07) is 8.20. The number of aryl methyl sites for hydroxylation is 2. The second kappa shape index (κ2) is 8.45. The molecule has 12 heteroatoms. The number of aromatic amines is 1. The number of hydrogen-bond acceptors (Lipinski definition) is 5. The maximum absolute atomic E-state index is 13.6. The summed E-state index contributed by atoms with van der Waals surface area (Å²) in [7, 11) is 2.95. The van der Waals surface area contributed by atoms with Crippen molar-refractivity contribution in [2.75, 3.05) is 6.54 Å². The molecule has 4 aromatic rings. The predicted octanol–water partition coefficient (Wildman–Crippen LogP) is 2.23. The topological polar surface area (TPSA) is 118 Å². The molecule has 0 bridgehead atoms. The van der Waals surface area contributed by atoms with Crippen LogP contribution in [0.2, 0.25) is 0 Å². The summed E-state index contributed by atoms with van der Waals surface area (Å²) in [6.45, 7) is -0.440. The van der Waals surface area contributed by atoms with Crippen LogP contribution in [0.15, 0.2) is 53.7 Å². The van der Waals surface area contributed by atoms with Crippen LogP contribution < -0.4 is 11.0 Å². The van der Waals surface area contributed by atoms with E-state index in [-0.39, 0.29) is 11.3 Å². The number of alkyl halides is 3. The number of carbonyl (C=O) groups is 1. The van der Waals surface area contributed by atoms with E-state index in [0.717, 1.165) is 10.8 Å². The predicted molar refractivity (Wildman–Crippen MR) is 117 cm³/mol. The van der Waals surface area contributed by atoms with Gasteiger partial charge in [0.15, 0.2) is 5.65 Å². The first-order valence-electron chi connectivity index (χ1n) is 10.2. The summed E-state index contributed by atoms with van der Waals surface area (Å²) in [4.78, 5) is 34.9. The Morgan fingerprint density at radius 2 is 1.94 bits per heavy atom. The third kappa shape index (κ3) is 4.07. The van der Waals surface area contributed by atoms with Crippen molar-refractivity contribution < 1.29 is 23.1 Å². The Morgan fingerprint density at radius 1 is 1.18 bits per heavy atom. The highest BCUT2D eigenvalue weighted by molar-refractivity contribution is 5.95. The Bertz CT molecular complexity index is 1420. The number of imidazole rings is 2. The van der Waals surface area contributed by atoms with Gasteiger partial charge in [0, 0.05) is 56.8 Å². The van der Waals surface area contributed by atoms with Gasteiger partial charge >= 0.3 is 11.9 Å². The van der Waals surface area contributed by atoms with Crippen LogP contribution in [0.1, 0.15) is 22.6 Å². The number of nitrogens with zero attached hydrogens (tertiary/aromatic N) is 4. The van der Waals surface area contributed by atoms with E-state index in [0.29, 0.717) is 22.3 Å². The van der Waals surface area contributed by atoms with Crippen LogP contribution in [-0.2, 0) is 19.7 Å². The van der Waals surface area contributed by atoms with Crippen molar-refractivity contribution in [1.82, 2.24) is 29.4 Å². The largest absolute Gasteiger partial charge is 0.424 e. The van der Waals surface area contributed by atoms with E-state index in [2.05, 4.69) is 20.3 Å². The molecule has 1 amide bonds. The van der Waals surface area contributed by atoms with Crippen molar-refractivity contribution in [2.24, 2.45) is 14.1 Å². The quantitative estimate of drug-likeness (QED) is 0.396. The van der Waals surface area contributed by atoms with Gasteiger partial charge in [0.1, 0.15) is 5.82 Å². The molecule has 4 rings (SSSR count). The first-order valence-corrected chi connectivity index (χ1v) is 10.2. The second-order valence-corrected chi connectivity index (χ2v) is 7.89. The fourth-order valence-corrected chi connectivity index (χ4v) is 3.70. The number of nitrogens with one attached hydrogen (secondary N) is 2. The Balaban J connectivity index is 1.51. The van der Waals surface area contributed by atoms with Gasteiger partial charge in [0.2, 0.25) is 5.60 Å². The Labute approximate surface area is 190 Å². The number of benzene rings is 1. The normalized spacial score (nSPS) is 13.7. The van der Waals surface area contributed by atoms with Gasteiger partial charge in [-0.05, 0) is 23.8 Å². The molecule has 178 valence electrons. The molecular weight excluding hydrogens is 453 g/mol. The number of pyridine rings is 1. The lowest BCUT2D eigenvalue weighted by atomic mass is 9.97. The molecule has 0 saturated heterocycles. The van der Waals surface area contributed by atoms with Crippen molar-refractivity contribution >= 4 is 17.1 Å².